The van der Waals surface area contributed by atoms with Crippen LogP contribution in [0.25, 0.3) is 0 Å². The van der Waals surface area contributed by atoms with E-state index in [1.54, 1.807) is 24.6 Å². The van der Waals surface area contributed by atoms with Crippen molar-refractivity contribution in [1.82, 2.24) is 20.4 Å². The average molecular weight is 560 g/mol. The van der Waals surface area contributed by atoms with E-state index in [0.717, 1.165) is 32.0 Å². The van der Waals surface area contributed by atoms with Gasteiger partial charge < -0.3 is 10.6 Å². The van der Waals surface area contributed by atoms with E-state index in [4.69, 9.17) is 0 Å². The number of rotatable bonds is 7. The van der Waals surface area contributed by atoms with Crippen LogP contribution < -0.4 is 10.6 Å². The molecule has 0 saturated heterocycles. The van der Waals surface area contributed by atoms with Crippen LogP contribution in [0.5, 0.6) is 0 Å². The number of aromatic nitrogens is 2. The van der Waals surface area contributed by atoms with E-state index in [1.807, 2.05) is 16.9 Å². The predicted molar refractivity (Wildman–Crippen MR) is 127 cm³/mol. The Balaban J connectivity index is 0.00000261. The largest absolute Gasteiger partial charge is 0.356 e. The first-order valence-corrected chi connectivity index (χ1v) is 10.1. The van der Waals surface area contributed by atoms with Crippen molar-refractivity contribution in [3.63, 3.8) is 0 Å². The summed E-state index contributed by atoms with van der Waals surface area (Å²) in [6.07, 6.45) is 4.76. The van der Waals surface area contributed by atoms with Crippen molar-refractivity contribution in [3.8, 4) is 0 Å². The van der Waals surface area contributed by atoms with Crippen LogP contribution in [0.1, 0.15) is 16.0 Å². The number of hydrogen-bond donors (Lipinski definition) is 2. The zero-order valence-corrected chi connectivity index (χ0v) is 19.8. The molecule has 5 nitrogen and oxygen atoms in total. The molecule has 2 heterocycles. The molecule has 0 spiro atoms. The Hall–Kier alpha value is -1.39. The van der Waals surface area contributed by atoms with Gasteiger partial charge in [-0.15, -0.1) is 35.3 Å². The molecule has 8 heteroatoms. The molecule has 2 N–H and O–H groups in total. The van der Waals surface area contributed by atoms with Gasteiger partial charge in [0.15, 0.2) is 5.96 Å². The molecule has 0 atom stereocenters. The number of nitrogens with one attached hydrogen (secondary N) is 2. The summed E-state index contributed by atoms with van der Waals surface area (Å²) >= 11 is 5.27. The first-order valence-electron chi connectivity index (χ1n) is 8.47. The number of benzene rings is 1. The molecule has 3 rings (SSSR count). The van der Waals surface area contributed by atoms with Crippen molar-refractivity contribution < 1.29 is 0 Å². The second kappa shape index (κ2) is 11.5. The van der Waals surface area contributed by atoms with Crippen LogP contribution in [-0.4, -0.2) is 29.3 Å². The number of guanidine groups is 1. The van der Waals surface area contributed by atoms with Crippen LogP contribution in [0.4, 0.5) is 0 Å². The topological polar surface area (TPSA) is 54.2 Å². The Morgan fingerprint density at radius 2 is 1.96 bits per heavy atom. The number of nitrogens with zero attached hydrogens (tertiary/aromatic N) is 3. The summed E-state index contributed by atoms with van der Waals surface area (Å²) in [6.45, 7) is 2.34. The maximum absolute atomic E-state index is 4.32. The van der Waals surface area contributed by atoms with Crippen molar-refractivity contribution >= 4 is 57.2 Å². The smallest absolute Gasteiger partial charge is 0.191 e. The minimum Gasteiger partial charge on any atom is -0.356 e. The zero-order valence-electron chi connectivity index (χ0n) is 15.1. The summed E-state index contributed by atoms with van der Waals surface area (Å²) in [7, 11) is 1.80. The average Bonchev–Trinajstić information content (AvgIpc) is 3.31. The van der Waals surface area contributed by atoms with E-state index < -0.39 is 0 Å². The molecule has 0 aliphatic heterocycles. The van der Waals surface area contributed by atoms with Gasteiger partial charge in [0.2, 0.25) is 0 Å². The third-order valence-electron chi connectivity index (χ3n) is 3.97. The highest BCUT2D eigenvalue weighted by Crippen LogP contribution is 2.22. The van der Waals surface area contributed by atoms with Crippen LogP contribution in [0, 0.1) is 0 Å². The molecule has 0 amide bonds. The minimum absolute atomic E-state index is 0. The van der Waals surface area contributed by atoms with E-state index in [2.05, 4.69) is 73.1 Å². The highest BCUT2D eigenvalue weighted by molar-refractivity contribution is 14.0. The second-order valence-electron chi connectivity index (χ2n) is 5.78. The van der Waals surface area contributed by atoms with Gasteiger partial charge in [0.05, 0.1) is 10.3 Å². The highest BCUT2D eigenvalue weighted by Gasteiger charge is 2.05. The molecule has 144 valence electrons. The van der Waals surface area contributed by atoms with Crippen molar-refractivity contribution in [2.75, 3.05) is 13.6 Å². The summed E-state index contributed by atoms with van der Waals surface area (Å²) in [5.74, 6) is 0.814. The molecule has 0 radical (unpaired) electrons. The summed E-state index contributed by atoms with van der Waals surface area (Å²) < 4.78 is 3.11. The molecular weight excluding hydrogens is 537 g/mol. The Morgan fingerprint density at radius 3 is 2.63 bits per heavy atom. The van der Waals surface area contributed by atoms with Crippen LogP contribution in [-0.2, 0) is 19.5 Å². The standard InChI is InChI=1S/C19H22BrN5S.HI/c1-21-19(22-11-9-17-7-8-18(20)26-17)23-13-15-5-2-3-6-16(15)14-25-12-4-10-24-25;/h2-8,10,12H,9,11,13-14H2,1H3,(H2,21,22,23);1H. The quantitative estimate of drug-likeness (QED) is 0.258. The minimum atomic E-state index is 0. The van der Waals surface area contributed by atoms with E-state index in [9.17, 15) is 0 Å². The fraction of sp³-hybridized carbons (Fsp3) is 0.263. The Morgan fingerprint density at radius 1 is 1.15 bits per heavy atom. The molecule has 0 aliphatic carbocycles. The van der Waals surface area contributed by atoms with Gasteiger partial charge in [-0.05, 0) is 51.7 Å². The van der Waals surface area contributed by atoms with Crippen molar-refractivity contribution in [2.45, 2.75) is 19.5 Å². The monoisotopic (exact) mass is 559 g/mol. The lowest BCUT2D eigenvalue weighted by atomic mass is 10.1. The second-order valence-corrected chi connectivity index (χ2v) is 8.33. The number of thiophene rings is 1. The zero-order chi connectivity index (χ0) is 18.2. The van der Waals surface area contributed by atoms with Crippen LogP contribution in [0.2, 0.25) is 0 Å². The molecule has 27 heavy (non-hydrogen) atoms. The molecule has 0 unspecified atom stereocenters. The third-order valence-corrected chi connectivity index (χ3v) is 5.66. The van der Waals surface area contributed by atoms with Gasteiger partial charge in [0.1, 0.15) is 0 Å². The number of halogens is 2. The van der Waals surface area contributed by atoms with E-state index in [-0.39, 0.29) is 24.0 Å². The molecular formula is C19H23BrIN5S. The van der Waals surface area contributed by atoms with Crippen LogP contribution in [0.3, 0.4) is 0 Å². The third kappa shape index (κ3) is 6.93. The maximum Gasteiger partial charge on any atom is 0.191 e. The fourth-order valence-electron chi connectivity index (χ4n) is 2.64. The fourth-order valence-corrected chi connectivity index (χ4v) is 4.13. The Kier molecular flexibility index (Phi) is 9.29. The van der Waals surface area contributed by atoms with Gasteiger partial charge in [-0.25, -0.2) is 0 Å². The lowest BCUT2D eigenvalue weighted by Gasteiger charge is -2.14. The van der Waals surface area contributed by atoms with Crippen LogP contribution in [0.15, 0.2) is 63.6 Å². The summed E-state index contributed by atoms with van der Waals surface area (Å²) in [6, 6.07) is 14.6. The molecule has 0 bridgehead atoms. The van der Waals surface area contributed by atoms with Crippen molar-refractivity contribution in [3.05, 3.63) is 74.6 Å². The number of aliphatic imine (C=N–C) groups is 1. The van der Waals surface area contributed by atoms with Gasteiger partial charge in [-0.2, -0.15) is 5.10 Å². The summed E-state index contributed by atoms with van der Waals surface area (Å²) in [4.78, 5) is 5.67. The maximum atomic E-state index is 4.32. The lowest BCUT2D eigenvalue weighted by molar-refractivity contribution is 0.677. The Labute approximate surface area is 189 Å². The van der Waals surface area contributed by atoms with Gasteiger partial charge in [0.25, 0.3) is 0 Å². The Bertz CT molecular complexity index is 847. The van der Waals surface area contributed by atoms with Gasteiger partial charge >= 0.3 is 0 Å². The van der Waals surface area contributed by atoms with E-state index >= 15 is 0 Å². The van der Waals surface area contributed by atoms with Gasteiger partial charge in [-0.1, -0.05) is 24.3 Å². The molecule has 0 saturated carbocycles. The predicted octanol–water partition coefficient (Wildman–Crippen LogP) is 4.28. The first-order chi connectivity index (χ1) is 12.7. The molecule has 1 aromatic carbocycles. The molecule has 0 fully saturated rings. The lowest BCUT2D eigenvalue weighted by Crippen LogP contribution is -2.38. The first kappa shape index (κ1) is 21.9. The SMILES string of the molecule is CN=C(NCCc1ccc(Br)s1)NCc1ccccc1Cn1cccn1.I. The van der Waals surface area contributed by atoms with Gasteiger partial charge in [-0.3, -0.25) is 9.67 Å². The highest BCUT2D eigenvalue weighted by atomic mass is 127. The van der Waals surface area contributed by atoms with E-state index in [1.165, 1.54) is 19.8 Å². The molecule has 3 aromatic rings. The van der Waals surface area contributed by atoms with Crippen molar-refractivity contribution in [2.24, 2.45) is 4.99 Å². The normalized spacial score (nSPS) is 11.1. The van der Waals surface area contributed by atoms with E-state index in [0.29, 0.717) is 0 Å². The molecule has 2 aromatic heterocycles. The molecule has 0 aliphatic rings. The summed E-state index contributed by atoms with van der Waals surface area (Å²) in [5.41, 5.74) is 2.50. The van der Waals surface area contributed by atoms with Crippen LogP contribution >= 0.6 is 51.2 Å². The summed E-state index contributed by atoms with van der Waals surface area (Å²) in [5, 5.41) is 11.1. The van der Waals surface area contributed by atoms with Crippen molar-refractivity contribution in [1.29, 1.82) is 0 Å². The number of hydrogen-bond acceptors (Lipinski definition) is 3. The van der Waals surface area contributed by atoms with Gasteiger partial charge in [0, 0.05) is 37.4 Å².